The van der Waals surface area contributed by atoms with Gasteiger partial charge in [-0.05, 0) is 126 Å². The number of anilines is 2. The molecule has 6 aromatic carbocycles. The van der Waals surface area contributed by atoms with Crippen LogP contribution in [0.15, 0.2) is 182 Å². The predicted octanol–water partition coefficient (Wildman–Crippen LogP) is 13.7. The first-order valence-corrected chi connectivity index (χ1v) is 36.6. The van der Waals surface area contributed by atoms with Crippen molar-refractivity contribution < 1.29 is 28.8 Å². The Kier molecular flexibility index (Phi) is 21.8. The van der Waals surface area contributed by atoms with E-state index in [1.165, 1.54) is 11.4 Å². The lowest BCUT2D eigenvalue weighted by atomic mass is 9.96. The third-order valence-corrected chi connectivity index (χ3v) is 20.6. The number of nitriles is 3. The standard InChI is InChI=1S/2C29H29N5O2.C28H28N4O2/c30-19-24-17-22(1-2-23(24)20-33-9-13-35-14-10-33)29-26-18-28(32-27(26)7-8-31-29)21-3-5-25(6-4-21)34-11-15-36-16-12-34;30-19-24-16-22(4-5-23(24)20-33-8-12-35-13-9-33)29-26-18-28(32-27(26)6-7-31-29)21-2-1-3-25(17-21)34-10-14-36-15-11-34;1-28(2,33)23-7-5-19(6-8-23)26-16-24-25(31-26)9-10-30-27(24)20-3-4-21(22(15-20)17-29)18-32-11-13-34-14-12-32/h1-8,17-18,32H,9-16,20H2;1-7,16-18,32H,8-15,20H2;3-10,15-16,31,33H,11-14,18H2,1-2H3. The van der Waals surface area contributed by atoms with Crippen molar-refractivity contribution >= 4 is 44.1 Å². The van der Waals surface area contributed by atoms with Gasteiger partial charge < -0.3 is 53.5 Å². The maximum Gasteiger partial charge on any atom is 0.0995 e. The van der Waals surface area contributed by atoms with Crippen molar-refractivity contribution in [3.05, 3.63) is 221 Å². The smallest absolute Gasteiger partial charge is 0.0995 e. The number of aliphatic hydroxyl groups is 1. The van der Waals surface area contributed by atoms with Gasteiger partial charge in [0.05, 0.1) is 124 Å². The molecule has 5 saturated heterocycles. The Hall–Kier alpha value is -10.9. The summed E-state index contributed by atoms with van der Waals surface area (Å²) >= 11 is 0. The molecule has 0 aliphatic carbocycles. The summed E-state index contributed by atoms with van der Waals surface area (Å²) in [6.45, 7) is 22.4. The number of aromatic amines is 3. The van der Waals surface area contributed by atoms with Crippen LogP contribution in [0.1, 0.15) is 52.8 Å². The minimum absolute atomic E-state index is 0.681. The summed E-state index contributed by atoms with van der Waals surface area (Å²) < 4.78 is 27.3. The fraction of sp³-hybridized carbons (Fsp3) is 0.302. The molecule has 11 heterocycles. The van der Waals surface area contributed by atoms with Gasteiger partial charge in [0.2, 0.25) is 0 Å². The van der Waals surface area contributed by atoms with Crippen LogP contribution in [0.4, 0.5) is 11.4 Å². The van der Waals surface area contributed by atoms with Gasteiger partial charge in [-0.25, -0.2) is 0 Å². The van der Waals surface area contributed by atoms with Crippen molar-refractivity contribution in [2.24, 2.45) is 0 Å². The van der Waals surface area contributed by atoms with E-state index in [2.05, 4.69) is 160 Å². The second kappa shape index (κ2) is 32.6. The molecule has 0 amide bonds. The maximum absolute atomic E-state index is 10.2. The molecule has 0 bridgehead atoms. The van der Waals surface area contributed by atoms with Crippen LogP contribution in [0.3, 0.4) is 0 Å². The summed E-state index contributed by atoms with van der Waals surface area (Å²) in [6.07, 6.45) is 5.45. The summed E-state index contributed by atoms with van der Waals surface area (Å²) in [5.41, 5.74) is 22.5. The first kappa shape index (κ1) is 70.7. The molecule has 0 spiro atoms. The highest BCUT2D eigenvalue weighted by atomic mass is 16.5. The van der Waals surface area contributed by atoms with Crippen LogP contribution in [0.2, 0.25) is 0 Å². The molecule has 0 saturated carbocycles. The number of rotatable bonds is 15. The second-order valence-corrected chi connectivity index (χ2v) is 28.0. The number of H-pyrrole nitrogens is 3. The monoisotopic (exact) mass is 1410 g/mol. The molecule has 12 aromatic rings. The fourth-order valence-corrected chi connectivity index (χ4v) is 14.6. The van der Waals surface area contributed by atoms with Gasteiger partial charge in [-0.15, -0.1) is 0 Å². The van der Waals surface area contributed by atoms with E-state index in [0.29, 0.717) is 16.7 Å². The normalized spacial score (nSPS) is 16.2. The molecule has 6 aromatic heterocycles. The molecule has 536 valence electrons. The van der Waals surface area contributed by atoms with Crippen LogP contribution >= 0.6 is 0 Å². The zero-order chi connectivity index (χ0) is 72.4. The third kappa shape index (κ3) is 16.3. The average molecular weight is 1410 g/mol. The highest BCUT2D eigenvalue weighted by Crippen LogP contribution is 2.38. The quantitative estimate of drug-likeness (QED) is 0.0746. The molecule has 5 aliphatic heterocycles. The molecule has 0 unspecified atom stereocenters. The third-order valence-electron chi connectivity index (χ3n) is 20.6. The molecular formula is C86H86N14O6. The molecule has 20 heteroatoms. The zero-order valence-electron chi connectivity index (χ0n) is 60.0. The lowest BCUT2D eigenvalue weighted by Crippen LogP contribution is -2.36. The molecule has 106 heavy (non-hydrogen) atoms. The van der Waals surface area contributed by atoms with E-state index in [9.17, 15) is 20.9 Å². The Morgan fingerprint density at radius 2 is 0.698 bits per heavy atom. The molecule has 17 rings (SSSR count). The summed E-state index contributed by atoms with van der Waals surface area (Å²) in [4.78, 5) is 36.4. The van der Waals surface area contributed by atoms with Crippen molar-refractivity contribution in [2.45, 2.75) is 39.1 Å². The number of morpholine rings is 5. The van der Waals surface area contributed by atoms with Gasteiger partial charge in [0.25, 0.3) is 0 Å². The number of pyridine rings is 3. The molecule has 5 fully saturated rings. The number of fused-ring (bicyclic) bond motifs is 3. The lowest BCUT2D eigenvalue weighted by Gasteiger charge is -2.29. The first-order valence-electron chi connectivity index (χ1n) is 36.6. The summed E-state index contributed by atoms with van der Waals surface area (Å²) in [5.74, 6) is 0. The Morgan fingerprint density at radius 3 is 1.06 bits per heavy atom. The van der Waals surface area contributed by atoms with Crippen LogP contribution in [-0.4, -0.2) is 181 Å². The predicted molar refractivity (Wildman–Crippen MR) is 415 cm³/mol. The number of hydrogen-bond donors (Lipinski definition) is 4. The van der Waals surface area contributed by atoms with Gasteiger partial charge in [0.1, 0.15) is 0 Å². The van der Waals surface area contributed by atoms with E-state index in [0.717, 1.165) is 274 Å². The number of nitrogens with one attached hydrogen (secondary N) is 3. The number of benzene rings is 6. The van der Waals surface area contributed by atoms with Crippen LogP contribution in [-0.2, 0) is 48.9 Å². The number of hydrogen-bond acceptors (Lipinski definition) is 17. The van der Waals surface area contributed by atoms with Crippen molar-refractivity contribution in [2.75, 3.05) is 141 Å². The Labute approximate surface area is 617 Å². The van der Waals surface area contributed by atoms with E-state index in [1.807, 2.05) is 79.1 Å². The number of aromatic nitrogens is 6. The van der Waals surface area contributed by atoms with Crippen molar-refractivity contribution in [3.63, 3.8) is 0 Å². The fourth-order valence-electron chi connectivity index (χ4n) is 14.6. The zero-order valence-corrected chi connectivity index (χ0v) is 60.0. The first-order chi connectivity index (χ1) is 52.0. The van der Waals surface area contributed by atoms with Crippen molar-refractivity contribution in [3.8, 4) is 85.8 Å². The van der Waals surface area contributed by atoms with Gasteiger partial charge in [-0.1, -0.05) is 84.9 Å². The number of ether oxygens (including phenoxy) is 5. The summed E-state index contributed by atoms with van der Waals surface area (Å²) in [6, 6.07) is 63.2. The van der Waals surface area contributed by atoms with Crippen molar-refractivity contribution in [1.82, 2.24) is 44.6 Å². The average Bonchev–Trinajstić information content (AvgIpc) is 1.62. The van der Waals surface area contributed by atoms with Gasteiger partial charge in [-0.2, -0.15) is 15.8 Å². The molecule has 0 radical (unpaired) electrons. The Balaban J connectivity index is 0.000000127. The Bertz CT molecular complexity index is 5180. The van der Waals surface area contributed by atoms with E-state index >= 15 is 0 Å². The van der Waals surface area contributed by atoms with E-state index in [-0.39, 0.29) is 0 Å². The Morgan fingerprint density at radius 1 is 0.368 bits per heavy atom. The van der Waals surface area contributed by atoms with Crippen LogP contribution in [0, 0.1) is 34.0 Å². The van der Waals surface area contributed by atoms with E-state index in [4.69, 9.17) is 33.7 Å². The van der Waals surface area contributed by atoms with Gasteiger partial charge in [0, 0.05) is 187 Å². The topological polar surface area (TPSA) is 240 Å². The molecule has 5 aliphatic rings. The maximum atomic E-state index is 10.2. The minimum Gasteiger partial charge on any atom is -0.386 e. The van der Waals surface area contributed by atoms with Gasteiger partial charge in [-0.3, -0.25) is 29.7 Å². The van der Waals surface area contributed by atoms with Gasteiger partial charge >= 0.3 is 0 Å². The lowest BCUT2D eigenvalue weighted by molar-refractivity contribution is 0.0341. The second-order valence-electron chi connectivity index (χ2n) is 28.0. The SMILES string of the molecule is CC(C)(O)c1ccc(-c2cc3c(-c4ccc(CN5CCOCC5)c(C#N)c4)nccc3[nH]2)cc1.N#Cc1cc(-c2nccc3[nH]c(-c4ccc(N5CCOCC5)cc4)cc23)ccc1CN1CCOCC1.N#Cc1cc(-c2nccc3[nH]c(-c4cccc(N5CCOCC5)c4)cc23)ccc1CN1CCOCC1. The van der Waals surface area contributed by atoms with E-state index in [1.54, 1.807) is 20.0 Å². The molecule has 20 nitrogen and oxygen atoms in total. The highest BCUT2D eigenvalue weighted by Gasteiger charge is 2.23. The summed E-state index contributed by atoms with van der Waals surface area (Å²) in [5, 5.41) is 42.9. The molecular weight excluding hydrogens is 1330 g/mol. The van der Waals surface area contributed by atoms with Crippen LogP contribution < -0.4 is 9.80 Å². The van der Waals surface area contributed by atoms with Gasteiger partial charge in [0.15, 0.2) is 0 Å². The van der Waals surface area contributed by atoms with Crippen LogP contribution in [0.5, 0.6) is 0 Å². The number of nitrogens with zero attached hydrogens (tertiary/aromatic N) is 11. The van der Waals surface area contributed by atoms with Crippen molar-refractivity contribution in [1.29, 1.82) is 15.8 Å². The summed E-state index contributed by atoms with van der Waals surface area (Å²) in [7, 11) is 0. The largest absolute Gasteiger partial charge is 0.386 e. The van der Waals surface area contributed by atoms with Crippen LogP contribution in [0.25, 0.3) is 100 Å². The highest BCUT2D eigenvalue weighted by molar-refractivity contribution is 5.99. The van der Waals surface area contributed by atoms with E-state index < -0.39 is 5.60 Å². The molecule has 4 N–H and O–H groups in total. The molecule has 0 atom stereocenters. The minimum atomic E-state index is -0.873.